The van der Waals surface area contributed by atoms with Crippen LogP contribution in [0.3, 0.4) is 0 Å². The van der Waals surface area contributed by atoms with Gasteiger partial charge in [0.2, 0.25) is 0 Å². The third-order valence-corrected chi connectivity index (χ3v) is 4.64. The lowest BCUT2D eigenvalue weighted by Gasteiger charge is -2.25. The quantitative estimate of drug-likeness (QED) is 0.749. The van der Waals surface area contributed by atoms with Gasteiger partial charge in [0, 0.05) is 22.9 Å². The predicted molar refractivity (Wildman–Crippen MR) is 106 cm³/mol. The summed E-state index contributed by atoms with van der Waals surface area (Å²) in [5.74, 6) is 0. The van der Waals surface area contributed by atoms with E-state index in [0.29, 0.717) is 29.5 Å². The Labute approximate surface area is 163 Å². The highest BCUT2D eigenvalue weighted by Crippen LogP contribution is 2.33. The van der Waals surface area contributed by atoms with E-state index in [1.54, 1.807) is 31.2 Å². The Balaban J connectivity index is 1.63. The van der Waals surface area contributed by atoms with Gasteiger partial charge in [0.15, 0.2) is 0 Å². The third-order valence-electron chi connectivity index (χ3n) is 4.41. The van der Waals surface area contributed by atoms with Crippen molar-refractivity contribution in [2.75, 3.05) is 23.8 Å². The molecule has 0 radical (unpaired) electrons. The molecular formula is C20H22ClN3O3. The molecule has 1 heterocycles. The summed E-state index contributed by atoms with van der Waals surface area (Å²) in [6.45, 7) is 2.75. The van der Waals surface area contributed by atoms with Gasteiger partial charge in [0.05, 0.1) is 12.6 Å². The molecule has 1 aliphatic rings. The highest BCUT2D eigenvalue weighted by Gasteiger charge is 2.30. The van der Waals surface area contributed by atoms with Gasteiger partial charge < -0.3 is 15.0 Å². The number of amides is 3. The minimum atomic E-state index is -0.504. The number of carbonyl (C=O) groups excluding carboxylic acids is 2. The predicted octanol–water partition coefficient (Wildman–Crippen LogP) is 5.28. The Kier molecular flexibility index (Phi) is 6.19. The molecular weight excluding hydrogens is 366 g/mol. The summed E-state index contributed by atoms with van der Waals surface area (Å²) in [5, 5.41) is 6.20. The van der Waals surface area contributed by atoms with E-state index in [9.17, 15) is 9.59 Å². The molecule has 3 amide bonds. The number of rotatable bonds is 4. The number of carbonyl (C=O) groups is 2. The van der Waals surface area contributed by atoms with Crippen molar-refractivity contribution in [3.05, 3.63) is 59.1 Å². The zero-order valence-corrected chi connectivity index (χ0v) is 15.8. The van der Waals surface area contributed by atoms with Crippen molar-refractivity contribution < 1.29 is 14.3 Å². The highest BCUT2D eigenvalue weighted by molar-refractivity contribution is 6.30. The maximum Gasteiger partial charge on any atom is 0.411 e. The average molecular weight is 388 g/mol. The molecule has 2 N–H and O–H groups in total. The number of benzene rings is 2. The monoisotopic (exact) mass is 387 g/mol. The van der Waals surface area contributed by atoms with E-state index in [-0.39, 0.29) is 12.1 Å². The number of nitrogens with zero attached hydrogens (tertiary/aromatic N) is 1. The lowest BCUT2D eigenvalue weighted by molar-refractivity contribution is 0.168. The maximum absolute atomic E-state index is 12.7. The Morgan fingerprint density at radius 2 is 1.85 bits per heavy atom. The van der Waals surface area contributed by atoms with Gasteiger partial charge in [-0.05, 0) is 61.7 Å². The van der Waals surface area contributed by atoms with Gasteiger partial charge in [-0.3, -0.25) is 5.32 Å². The fourth-order valence-corrected chi connectivity index (χ4v) is 3.39. The first-order valence-corrected chi connectivity index (χ1v) is 9.31. The van der Waals surface area contributed by atoms with Crippen molar-refractivity contribution in [1.82, 2.24) is 4.90 Å². The van der Waals surface area contributed by atoms with Crippen LogP contribution >= 0.6 is 11.6 Å². The van der Waals surface area contributed by atoms with Crippen LogP contribution < -0.4 is 10.6 Å². The second-order valence-corrected chi connectivity index (χ2v) is 6.70. The number of hydrogen-bond donors (Lipinski definition) is 2. The van der Waals surface area contributed by atoms with Crippen molar-refractivity contribution in [3.63, 3.8) is 0 Å². The van der Waals surface area contributed by atoms with Crippen LogP contribution in [-0.2, 0) is 4.74 Å². The van der Waals surface area contributed by atoms with Gasteiger partial charge in [0.1, 0.15) is 0 Å². The smallest absolute Gasteiger partial charge is 0.411 e. The first-order chi connectivity index (χ1) is 13.1. The van der Waals surface area contributed by atoms with E-state index in [0.717, 1.165) is 18.4 Å². The highest BCUT2D eigenvalue weighted by atomic mass is 35.5. The Hall–Kier alpha value is -2.73. The second kappa shape index (κ2) is 8.77. The molecule has 6 nitrogen and oxygen atoms in total. The lowest BCUT2D eigenvalue weighted by atomic mass is 10.1. The van der Waals surface area contributed by atoms with Gasteiger partial charge in [-0.15, -0.1) is 0 Å². The van der Waals surface area contributed by atoms with Gasteiger partial charge in [-0.25, -0.2) is 9.59 Å². The Morgan fingerprint density at radius 1 is 1.15 bits per heavy atom. The molecule has 1 saturated heterocycles. The van der Waals surface area contributed by atoms with Gasteiger partial charge in [-0.1, -0.05) is 23.7 Å². The van der Waals surface area contributed by atoms with Crippen molar-refractivity contribution in [1.29, 1.82) is 0 Å². The average Bonchev–Trinajstić information content (AvgIpc) is 3.13. The summed E-state index contributed by atoms with van der Waals surface area (Å²) in [6.07, 6.45) is 1.36. The minimum Gasteiger partial charge on any atom is -0.450 e. The van der Waals surface area contributed by atoms with Crippen molar-refractivity contribution in [2.24, 2.45) is 0 Å². The van der Waals surface area contributed by atoms with E-state index in [2.05, 4.69) is 10.6 Å². The lowest BCUT2D eigenvalue weighted by Crippen LogP contribution is -2.34. The molecule has 1 fully saturated rings. The van der Waals surface area contributed by atoms with Crippen molar-refractivity contribution >= 4 is 35.1 Å². The summed E-state index contributed by atoms with van der Waals surface area (Å²) < 4.78 is 4.83. The summed E-state index contributed by atoms with van der Waals surface area (Å²) in [7, 11) is 0. The van der Waals surface area contributed by atoms with E-state index in [1.807, 2.05) is 29.2 Å². The van der Waals surface area contributed by atoms with Crippen LogP contribution in [0, 0.1) is 0 Å². The van der Waals surface area contributed by atoms with Crippen LogP contribution in [0.2, 0.25) is 5.02 Å². The molecule has 0 spiro atoms. The molecule has 7 heteroatoms. The molecule has 2 aromatic carbocycles. The van der Waals surface area contributed by atoms with E-state index in [1.165, 1.54) is 0 Å². The van der Waals surface area contributed by atoms with Crippen molar-refractivity contribution in [3.8, 4) is 0 Å². The first kappa shape index (κ1) is 19.0. The molecule has 3 rings (SSSR count). The normalized spacial score (nSPS) is 16.1. The number of likely N-dealkylation sites (tertiary alicyclic amines) is 1. The van der Waals surface area contributed by atoms with Gasteiger partial charge in [0.25, 0.3) is 0 Å². The summed E-state index contributed by atoms with van der Waals surface area (Å²) in [6, 6.07) is 14.4. The number of ether oxygens (including phenoxy) is 1. The SMILES string of the molecule is CCOC(=O)Nc1ccc(NC(=O)N2CCCC2c2cccc(Cl)c2)cc1. The number of urea groups is 1. The zero-order chi connectivity index (χ0) is 19.2. The van der Waals surface area contributed by atoms with Gasteiger partial charge >= 0.3 is 12.1 Å². The molecule has 2 aromatic rings. The van der Waals surface area contributed by atoms with Crippen LogP contribution in [0.15, 0.2) is 48.5 Å². The molecule has 0 aromatic heterocycles. The number of hydrogen-bond acceptors (Lipinski definition) is 3. The van der Waals surface area contributed by atoms with Crippen LogP contribution in [0.5, 0.6) is 0 Å². The van der Waals surface area contributed by atoms with Gasteiger partial charge in [-0.2, -0.15) is 0 Å². The van der Waals surface area contributed by atoms with Crippen LogP contribution in [0.25, 0.3) is 0 Å². The Morgan fingerprint density at radius 3 is 2.52 bits per heavy atom. The molecule has 0 aliphatic carbocycles. The third kappa shape index (κ3) is 4.92. The van der Waals surface area contributed by atoms with E-state index < -0.39 is 6.09 Å². The molecule has 1 aliphatic heterocycles. The van der Waals surface area contributed by atoms with Crippen LogP contribution in [-0.4, -0.2) is 30.2 Å². The summed E-state index contributed by atoms with van der Waals surface area (Å²) in [5.41, 5.74) is 2.31. The van der Waals surface area contributed by atoms with Crippen molar-refractivity contribution in [2.45, 2.75) is 25.8 Å². The second-order valence-electron chi connectivity index (χ2n) is 6.26. The fourth-order valence-electron chi connectivity index (χ4n) is 3.19. The topological polar surface area (TPSA) is 70.7 Å². The van der Waals surface area contributed by atoms with Crippen LogP contribution in [0.1, 0.15) is 31.4 Å². The molecule has 27 heavy (non-hydrogen) atoms. The van der Waals surface area contributed by atoms with Crippen LogP contribution in [0.4, 0.5) is 21.0 Å². The Bertz CT molecular complexity index is 810. The molecule has 1 atom stereocenters. The van der Waals surface area contributed by atoms with E-state index in [4.69, 9.17) is 16.3 Å². The molecule has 0 bridgehead atoms. The standard InChI is InChI=1S/C20H22ClN3O3/c1-2-27-20(26)23-17-10-8-16(9-11-17)22-19(25)24-12-4-7-18(24)14-5-3-6-15(21)13-14/h3,5-6,8-11,13,18H,2,4,7,12H2,1H3,(H,22,25)(H,23,26). The molecule has 1 unspecified atom stereocenters. The number of nitrogens with one attached hydrogen (secondary N) is 2. The van der Waals surface area contributed by atoms with E-state index >= 15 is 0 Å². The maximum atomic E-state index is 12.7. The number of anilines is 2. The first-order valence-electron chi connectivity index (χ1n) is 8.93. The minimum absolute atomic E-state index is 0.0217. The summed E-state index contributed by atoms with van der Waals surface area (Å²) >= 11 is 6.09. The summed E-state index contributed by atoms with van der Waals surface area (Å²) in [4.78, 5) is 26.0. The molecule has 142 valence electrons. The largest absolute Gasteiger partial charge is 0.450 e. The number of halogens is 1. The fraction of sp³-hybridized carbons (Fsp3) is 0.300. The zero-order valence-electron chi connectivity index (χ0n) is 15.1. The molecule has 0 saturated carbocycles.